The average Bonchev–Trinajstić information content (AvgIpc) is 2.61. The van der Waals surface area contributed by atoms with E-state index in [0.717, 1.165) is 19.3 Å². The Hall–Kier alpha value is -1.39. The van der Waals surface area contributed by atoms with Crippen LogP contribution in [0.25, 0.3) is 0 Å². The van der Waals surface area contributed by atoms with Crippen molar-refractivity contribution in [3.63, 3.8) is 0 Å². The van der Waals surface area contributed by atoms with Gasteiger partial charge in [0.1, 0.15) is 5.69 Å². The van der Waals surface area contributed by atoms with Gasteiger partial charge >= 0.3 is 0 Å². The fraction of sp³-hybridized carbons (Fsp3) is 0.600. The van der Waals surface area contributed by atoms with Crippen molar-refractivity contribution in [3.05, 3.63) is 12.1 Å². The summed E-state index contributed by atoms with van der Waals surface area (Å²) in [6.07, 6.45) is 4.14. The molecule has 4 nitrogen and oxygen atoms in total. The Kier molecular flexibility index (Phi) is 4.27. The van der Waals surface area contributed by atoms with Crippen molar-refractivity contribution in [1.29, 1.82) is 0 Å². The van der Waals surface area contributed by atoms with Crippen LogP contribution in [0.15, 0.2) is 6.20 Å². The van der Waals surface area contributed by atoms with Gasteiger partial charge in [-0.2, -0.15) is 9.49 Å². The Morgan fingerprint density at radius 1 is 1.73 bits per heavy atom. The van der Waals surface area contributed by atoms with Gasteiger partial charge in [0.05, 0.1) is 6.20 Å². The Bertz CT molecular complexity index is 324. The van der Waals surface area contributed by atoms with E-state index in [1.165, 1.54) is 6.20 Å². The summed E-state index contributed by atoms with van der Waals surface area (Å²) in [6.45, 7) is 3.91. The predicted octanol–water partition coefficient (Wildman–Crippen LogP) is 2.31. The summed E-state index contributed by atoms with van der Waals surface area (Å²) < 4.78 is 12.9. The molecular weight excluding hydrogens is 197 g/mol. The molecular formula is C10H16FN3O. The zero-order valence-electron chi connectivity index (χ0n) is 9.01. The highest BCUT2D eigenvalue weighted by atomic mass is 19.1. The molecule has 1 rings (SSSR count). The zero-order chi connectivity index (χ0) is 11.3. The molecule has 1 heterocycles. The van der Waals surface area contributed by atoms with Crippen LogP contribution in [0.5, 0.6) is 0 Å². The summed E-state index contributed by atoms with van der Waals surface area (Å²) in [7, 11) is 0. The topological polar surface area (TPSA) is 57.8 Å². The molecule has 0 aliphatic rings. The highest BCUT2D eigenvalue weighted by molar-refractivity contribution is 5.92. The number of nitrogens with zero attached hydrogens (tertiary/aromatic N) is 1. The first-order valence-corrected chi connectivity index (χ1v) is 5.14. The van der Waals surface area contributed by atoms with E-state index in [2.05, 4.69) is 22.4 Å². The number of nitrogens with one attached hydrogen (secondary N) is 2. The van der Waals surface area contributed by atoms with Crippen molar-refractivity contribution in [2.24, 2.45) is 5.92 Å². The van der Waals surface area contributed by atoms with Gasteiger partial charge in [-0.25, -0.2) is 0 Å². The van der Waals surface area contributed by atoms with Crippen LogP contribution in [0.4, 0.5) is 10.1 Å². The Balaban J connectivity index is 2.45. The van der Waals surface area contributed by atoms with Crippen LogP contribution >= 0.6 is 0 Å². The summed E-state index contributed by atoms with van der Waals surface area (Å²) in [5.41, 5.74) is 0.114. The number of unbranched alkanes of at least 4 members (excludes halogenated alkanes) is 1. The van der Waals surface area contributed by atoms with Crippen LogP contribution in [-0.4, -0.2) is 16.1 Å². The Labute approximate surface area is 88.3 Å². The van der Waals surface area contributed by atoms with E-state index >= 15 is 0 Å². The molecule has 0 fully saturated rings. The molecule has 1 aromatic heterocycles. The van der Waals surface area contributed by atoms with Crippen LogP contribution in [0, 0.1) is 11.9 Å². The highest BCUT2D eigenvalue weighted by Gasteiger charge is 2.14. The predicted molar refractivity (Wildman–Crippen MR) is 55.9 cm³/mol. The first-order chi connectivity index (χ1) is 7.15. The molecule has 0 spiro atoms. The number of aromatic nitrogens is 2. The van der Waals surface area contributed by atoms with E-state index in [1.807, 2.05) is 6.92 Å². The number of carbonyl (C=O) groups excluding carboxylic acids is 1. The number of anilines is 1. The van der Waals surface area contributed by atoms with E-state index in [9.17, 15) is 9.18 Å². The number of hydrogen-bond acceptors (Lipinski definition) is 2. The average molecular weight is 213 g/mol. The molecule has 1 aromatic rings. The second-order valence-corrected chi connectivity index (χ2v) is 3.63. The first-order valence-electron chi connectivity index (χ1n) is 5.14. The number of H-pyrrole nitrogens is 1. The maximum atomic E-state index is 12.9. The largest absolute Gasteiger partial charge is 0.321 e. The van der Waals surface area contributed by atoms with Gasteiger partial charge in [0.2, 0.25) is 11.9 Å². The van der Waals surface area contributed by atoms with E-state index < -0.39 is 5.95 Å². The monoisotopic (exact) mass is 213 g/mol. The van der Waals surface area contributed by atoms with Gasteiger partial charge in [-0.3, -0.25) is 9.89 Å². The molecule has 0 bridgehead atoms. The molecule has 84 valence electrons. The summed E-state index contributed by atoms with van der Waals surface area (Å²) in [5, 5.41) is 8.10. The quantitative estimate of drug-likeness (QED) is 0.788. The summed E-state index contributed by atoms with van der Waals surface area (Å²) in [5.74, 6) is -0.867. The number of carbonyl (C=O) groups is 1. The van der Waals surface area contributed by atoms with Crippen LogP contribution in [0.2, 0.25) is 0 Å². The van der Waals surface area contributed by atoms with Crippen molar-refractivity contribution >= 4 is 11.6 Å². The van der Waals surface area contributed by atoms with Gasteiger partial charge in [0.25, 0.3) is 0 Å². The molecule has 15 heavy (non-hydrogen) atoms. The molecule has 2 N–H and O–H groups in total. The lowest BCUT2D eigenvalue weighted by Crippen LogP contribution is -2.20. The lowest BCUT2D eigenvalue weighted by Gasteiger charge is -2.09. The minimum Gasteiger partial charge on any atom is -0.321 e. The van der Waals surface area contributed by atoms with E-state index in [0.29, 0.717) is 0 Å². The Morgan fingerprint density at radius 2 is 2.47 bits per heavy atom. The molecule has 0 aromatic carbocycles. The maximum Gasteiger partial charge on any atom is 0.232 e. The van der Waals surface area contributed by atoms with E-state index in [1.54, 1.807) is 0 Å². The lowest BCUT2D eigenvalue weighted by molar-refractivity contribution is -0.119. The first kappa shape index (κ1) is 11.7. The van der Waals surface area contributed by atoms with Crippen molar-refractivity contribution in [2.75, 3.05) is 5.32 Å². The van der Waals surface area contributed by atoms with Crippen molar-refractivity contribution in [1.82, 2.24) is 10.2 Å². The van der Waals surface area contributed by atoms with E-state index in [4.69, 9.17) is 0 Å². The minimum atomic E-state index is -0.606. The molecule has 1 atom stereocenters. The summed E-state index contributed by atoms with van der Waals surface area (Å²) in [6, 6.07) is 0. The highest BCUT2D eigenvalue weighted by Crippen LogP contribution is 2.13. The van der Waals surface area contributed by atoms with Gasteiger partial charge in [0, 0.05) is 5.92 Å². The van der Waals surface area contributed by atoms with Gasteiger partial charge in [-0.05, 0) is 6.42 Å². The SMILES string of the molecule is CCCCC(C)C(=O)Nc1cn[nH]c1F. The number of amides is 1. The number of aromatic amines is 1. The Morgan fingerprint density at radius 3 is 3.00 bits per heavy atom. The molecule has 0 aliphatic carbocycles. The van der Waals surface area contributed by atoms with Gasteiger partial charge < -0.3 is 5.32 Å². The maximum absolute atomic E-state index is 12.9. The van der Waals surface area contributed by atoms with Gasteiger partial charge in [-0.1, -0.05) is 26.7 Å². The fourth-order valence-corrected chi connectivity index (χ4v) is 1.25. The number of halogens is 1. The summed E-state index contributed by atoms with van der Waals surface area (Å²) >= 11 is 0. The van der Waals surface area contributed by atoms with Crippen molar-refractivity contribution in [2.45, 2.75) is 33.1 Å². The molecule has 0 radical (unpaired) electrons. The smallest absolute Gasteiger partial charge is 0.232 e. The van der Waals surface area contributed by atoms with Crippen LogP contribution < -0.4 is 5.32 Å². The second kappa shape index (κ2) is 5.48. The molecule has 0 aliphatic heterocycles. The molecule has 1 amide bonds. The van der Waals surface area contributed by atoms with Crippen molar-refractivity contribution < 1.29 is 9.18 Å². The third kappa shape index (κ3) is 3.34. The molecule has 0 saturated carbocycles. The van der Waals surface area contributed by atoms with Gasteiger partial charge in [0.15, 0.2) is 0 Å². The van der Waals surface area contributed by atoms with E-state index in [-0.39, 0.29) is 17.5 Å². The second-order valence-electron chi connectivity index (χ2n) is 3.63. The number of rotatable bonds is 5. The van der Waals surface area contributed by atoms with Crippen molar-refractivity contribution in [3.8, 4) is 0 Å². The normalized spacial score (nSPS) is 12.5. The third-order valence-electron chi connectivity index (χ3n) is 2.29. The van der Waals surface area contributed by atoms with Crippen LogP contribution in [0.3, 0.4) is 0 Å². The lowest BCUT2D eigenvalue weighted by atomic mass is 10.0. The summed E-state index contributed by atoms with van der Waals surface area (Å²) in [4.78, 5) is 11.5. The minimum absolute atomic E-state index is 0.0979. The molecule has 1 unspecified atom stereocenters. The number of hydrogen-bond donors (Lipinski definition) is 2. The molecule has 0 saturated heterocycles. The fourth-order valence-electron chi connectivity index (χ4n) is 1.25. The zero-order valence-corrected chi connectivity index (χ0v) is 9.01. The van der Waals surface area contributed by atoms with Gasteiger partial charge in [-0.15, -0.1) is 0 Å². The van der Waals surface area contributed by atoms with Crippen LogP contribution in [-0.2, 0) is 4.79 Å². The molecule has 5 heteroatoms. The standard InChI is InChI=1S/C10H16FN3O/c1-3-4-5-7(2)10(15)13-8-6-12-14-9(8)11/h6-7H,3-5H2,1-2H3,(H,12,14)(H,13,15). The van der Waals surface area contributed by atoms with Crippen LogP contribution in [0.1, 0.15) is 33.1 Å². The third-order valence-corrected chi connectivity index (χ3v) is 2.29.